The zero-order chi connectivity index (χ0) is 7.28. The minimum absolute atomic E-state index is 0.139. The van der Waals surface area contributed by atoms with Crippen molar-refractivity contribution < 1.29 is 9.90 Å². The molecule has 0 aromatic carbocycles. The van der Waals surface area contributed by atoms with Crippen molar-refractivity contribution in [2.45, 2.75) is 39.2 Å². The van der Waals surface area contributed by atoms with Crippen molar-refractivity contribution in [3.63, 3.8) is 0 Å². The summed E-state index contributed by atoms with van der Waals surface area (Å²) in [5, 5.41) is 10.6. The van der Waals surface area contributed by atoms with Crippen molar-refractivity contribution in [3.05, 3.63) is 0 Å². The summed E-state index contributed by atoms with van der Waals surface area (Å²) < 4.78 is 0. The minimum Gasteiger partial charge on any atom is -0.297 e. The van der Waals surface area contributed by atoms with Gasteiger partial charge in [0.25, 0.3) is 0 Å². The Hall–Kier alpha value is -0.370. The van der Waals surface area contributed by atoms with Gasteiger partial charge in [0.2, 0.25) is 0 Å². The highest BCUT2D eigenvalue weighted by Gasteiger charge is 2.11. The molecule has 0 spiro atoms. The first kappa shape index (κ1) is 8.63. The van der Waals surface area contributed by atoms with Gasteiger partial charge in [0.1, 0.15) is 0 Å². The molecule has 1 unspecified atom stereocenters. The number of Topliss-reactive ketones (excluding diaryl/α,β-unsaturated/α-hetero) is 1. The van der Waals surface area contributed by atoms with Gasteiger partial charge in [0, 0.05) is 6.42 Å². The van der Waals surface area contributed by atoms with Crippen LogP contribution in [0, 0.1) is 0 Å². The average molecular weight is 129 g/mol. The summed E-state index contributed by atoms with van der Waals surface area (Å²) in [7, 11) is 0. The van der Waals surface area contributed by atoms with Crippen molar-refractivity contribution in [1.29, 1.82) is 0 Å². The number of carbonyl (C=O) groups excluding carboxylic acids is 1. The molecule has 0 fully saturated rings. The first-order chi connectivity index (χ1) is 4.22. The topological polar surface area (TPSA) is 37.0 Å². The molecule has 0 rings (SSSR count). The third-order valence-corrected chi connectivity index (χ3v) is 1.23. The van der Waals surface area contributed by atoms with Crippen LogP contribution in [0.15, 0.2) is 0 Å². The van der Waals surface area contributed by atoms with Gasteiger partial charge in [-0.1, -0.05) is 13.8 Å². The van der Waals surface area contributed by atoms with E-state index in [0.717, 1.165) is 6.42 Å². The summed E-state index contributed by atoms with van der Waals surface area (Å²) in [6, 6.07) is 0. The molecule has 9 heavy (non-hydrogen) atoms. The van der Waals surface area contributed by atoms with Crippen LogP contribution >= 0.6 is 0 Å². The lowest BCUT2D eigenvalue weighted by Gasteiger charge is -2.00. The number of carbonyl (C=O) groups is 1. The van der Waals surface area contributed by atoms with E-state index in [2.05, 4.69) is 0 Å². The van der Waals surface area contributed by atoms with Crippen molar-refractivity contribution in [2.24, 2.45) is 0 Å². The van der Waals surface area contributed by atoms with Gasteiger partial charge in [-0.2, -0.15) is 0 Å². The second-order valence-electron chi connectivity index (χ2n) is 2.11. The van der Waals surface area contributed by atoms with Crippen molar-refractivity contribution in [1.82, 2.24) is 0 Å². The zero-order valence-electron chi connectivity index (χ0n) is 6.02. The SMILES string of the molecule is CCCC(=O)C([O])CC. The van der Waals surface area contributed by atoms with Crippen LogP contribution in [0.2, 0.25) is 0 Å². The molecule has 0 saturated carbocycles. The monoisotopic (exact) mass is 129 g/mol. The Labute approximate surface area is 55.9 Å². The van der Waals surface area contributed by atoms with Gasteiger partial charge in [0.05, 0.1) is 0 Å². The second kappa shape index (κ2) is 4.50. The van der Waals surface area contributed by atoms with Crippen LogP contribution in [0.5, 0.6) is 0 Å². The number of hydrogen-bond acceptors (Lipinski definition) is 1. The smallest absolute Gasteiger partial charge is 0.164 e. The maximum absolute atomic E-state index is 10.7. The Morgan fingerprint density at radius 2 is 2.00 bits per heavy atom. The number of rotatable bonds is 4. The molecular formula is C7H13O2. The van der Waals surface area contributed by atoms with Crippen molar-refractivity contribution in [2.75, 3.05) is 0 Å². The molecule has 0 N–H and O–H groups in total. The van der Waals surface area contributed by atoms with Crippen LogP contribution in [0.3, 0.4) is 0 Å². The summed E-state index contributed by atoms with van der Waals surface area (Å²) in [4.78, 5) is 10.7. The maximum atomic E-state index is 10.7. The highest BCUT2D eigenvalue weighted by molar-refractivity contribution is 5.82. The largest absolute Gasteiger partial charge is 0.297 e. The van der Waals surface area contributed by atoms with Crippen LogP contribution in [-0.2, 0) is 9.90 Å². The van der Waals surface area contributed by atoms with E-state index in [4.69, 9.17) is 0 Å². The second-order valence-corrected chi connectivity index (χ2v) is 2.11. The van der Waals surface area contributed by atoms with E-state index < -0.39 is 6.10 Å². The van der Waals surface area contributed by atoms with Crippen molar-refractivity contribution >= 4 is 5.78 Å². The summed E-state index contributed by atoms with van der Waals surface area (Å²) in [6.45, 7) is 3.64. The van der Waals surface area contributed by atoms with E-state index in [9.17, 15) is 9.90 Å². The Balaban J connectivity index is 3.46. The standard InChI is InChI=1S/C7H13O2/c1-3-5-7(9)6(8)4-2/h6H,3-5H2,1-2H3. The molecule has 0 aromatic heterocycles. The molecule has 53 valence electrons. The zero-order valence-corrected chi connectivity index (χ0v) is 6.02. The Morgan fingerprint density at radius 3 is 2.33 bits per heavy atom. The lowest BCUT2D eigenvalue weighted by atomic mass is 10.1. The summed E-state index contributed by atoms with van der Waals surface area (Å²) in [5.41, 5.74) is 0. The van der Waals surface area contributed by atoms with E-state index in [0.29, 0.717) is 12.8 Å². The predicted molar refractivity (Wildman–Crippen MR) is 34.7 cm³/mol. The molecule has 0 aliphatic carbocycles. The molecule has 0 saturated heterocycles. The van der Waals surface area contributed by atoms with Crippen LogP contribution < -0.4 is 0 Å². The van der Waals surface area contributed by atoms with Crippen LogP contribution in [0.4, 0.5) is 0 Å². The normalized spacial score (nSPS) is 13.2. The highest BCUT2D eigenvalue weighted by atomic mass is 16.3. The summed E-state index contributed by atoms with van der Waals surface area (Å²) in [5.74, 6) is -0.139. The van der Waals surface area contributed by atoms with Crippen LogP contribution in [-0.4, -0.2) is 11.9 Å². The summed E-state index contributed by atoms with van der Waals surface area (Å²) >= 11 is 0. The Bertz CT molecular complexity index is 88.9. The molecule has 0 heterocycles. The lowest BCUT2D eigenvalue weighted by molar-refractivity contribution is -0.130. The van der Waals surface area contributed by atoms with Gasteiger partial charge in [-0.25, -0.2) is 5.11 Å². The van der Waals surface area contributed by atoms with Gasteiger partial charge >= 0.3 is 0 Å². The van der Waals surface area contributed by atoms with Gasteiger partial charge in [-0.15, -0.1) is 0 Å². The molecule has 2 nitrogen and oxygen atoms in total. The fourth-order valence-corrected chi connectivity index (χ4v) is 0.635. The molecule has 1 atom stereocenters. The molecule has 0 amide bonds. The quantitative estimate of drug-likeness (QED) is 0.567. The first-order valence-corrected chi connectivity index (χ1v) is 3.40. The van der Waals surface area contributed by atoms with E-state index in [1.54, 1.807) is 6.92 Å². The molecular weight excluding hydrogens is 116 g/mol. The third kappa shape index (κ3) is 3.25. The predicted octanol–water partition coefficient (Wildman–Crippen LogP) is 1.56. The van der Waals surface area contributed by atoms with Gasteiger partial charge in [-0.3, -0.25) is 4.79 Å². The third-order valence-electron chi connectivity index (χ3n) is 1.23. The molecule has 1 radical (unpaired) electrons. The molecule has 0 aliphatic rings. The Kier molecular flexibility index (Phi) is 4.32. The van der Waals surface area contributed by atoms with Crippen LogP contribution in [0.25, 0.3) is 0 Å². The average Bonchev–Trinajstić information content (AvgIpc) is 1.87. The molecule has 0 bridgehead atoms. The van der Waals surface area contributed by atoms with Crippen molar-refractivity contribution in [3.8, 4) is 0 Å². The fraction of sp³-hybridized carbons (Fsp3) is 0.857. The van der Waals surface area contributed by atoms with E-state index in [1.807, 2.05) is 6.92 Å². The lowest BCUT2D eigenvalue weighted by Crippen LogP contribution is -2.16. The molecule has 0 aliphatic heterocycles. The van der Waals surface area contributed by atoms with Gasteiger partial charge < -0.3 is 0 Å². The molecule has 2 heteroatoms. The van der Waals surface area contributed by atoms with E-state index in [1.165, 1.54) is 0 Å². The van der Waals surface area contributed by atoms with E-state index in [-0.39, 0.29) is 5.78 Å². The van der Waals surface area contributed by atoms with E-state index >= 15 is 0 Å². The maximum Gasteiger partial charge on any atom is 0.164 e. The van der Waals surface area contributed by atoms with Gasteiger partial charge in [-0.05, 0) is 12.8 Å². The van der Waals surface area contributed by atoms with Crippen LogP contribution in [0.1, 0.15) is 33.1 Å². The highest BCUT2D eigenvalue weighted by Crippen LogP contribution is 1.98. The number of ketones is 1. The van der Waals surface area contributed by atoms with Gasteiger partial charge in [0.15, 0.2) is 11.9 Å². The first-order valence-electron chi connectivity index (χ1n) is 3.40. The minimum atomic E-state index is -0.968. The number of hydrogen-bond donors (Lipinski definition) is 0. The summed E-state index contributed by atoms with van der Waals surface area (Å²) in [6.07, 6.45) is 0.697. The molecule has 0 aromatic rings. The Morgan fingerprint density at radius 1 is 1.44 bits per heavy atom. The fourth-order valence-electron chi connectivity index (χ4n) is 0.635.